The predicted molar refractivity (Wildman–Crippen MR) is 96.4 cm³/mol. The van der Waals surface area contributed by atoms with Gasteiger partial charge in [-0.1, -0.05) is 55.7 Å². The second-order valence-electron chi connectivity index (χ2n) is 6.57. The van der Waals surface area contributed by atoms with Crippen LogP contribution in [0.3, 0.4) is 0 Å². The van der Waals surface area contributed by atoms with Crippen molar-refractivity contribution in [3.05, 3.63) is 48.6 Å². The van der Waals surface area contributed by atoms with Crippen LogP contribution in [-0.4, -0.2) is 37.0 Å². The normalized spacial score (nSPS) is 15.5. The Balaban J connectivity index is 1.71. The van der Waals surface area contributed by atoms with Crippen molar-refractivity contribution in [2.24, 2.45) is 5.92 Å². The summed E-state index contributed by atoms with van der Waals surface area (Å²) >= 11 is 0. The maximum absolute atomic E-state index is 12.2. The van der Waals surface area contributed by atoms with Crippen molar-refractivity contribution in [2.45, 2.75) is 38.5 Å². The van der Waals surface area contributed by atoms with E-state index < -0.39 is 0 Å². The first-order valence-electron chi connectivity index (χ1n) is 8.92. The molecule has 0 unspecified atom stereocenters. The van der Waals surface area contributed by atoms with Crippen molar-refractivity contribution >= 4 is 5.91 Å². The molecule has 1 aromatic carbocycles. The molecule has 0 spiro atoms. The number of amides is 1. The molecule has 126 valence electrons. The highest BCUT2D eigenvalue weighted by Crippen LogP contribution is 2.22. The zero-order valence-corrected chi connectivity index (χ0v) is 14.2. The Morgan fingerprint density at radius 3 is 2.65 bits per heavy atom. The molecule has 1 saturated carbocycles. The minimum atomic E-state index is 0.144. The highest BCUT2D eigenvalue weighted by molar-refractivity contribution is 5.78. The molecule has 0 saturated heterocycles. The Hall–Kier alpha value is -1.61. The van der Waals surface area contributed by atoms with Crippen LogP contribution in [0.4, 0.5) is 0 Å². The van der Waals surface area contributed by atoms with Gasteiger partial charge in [0.15, 0.2) is 0 Å². The summed E-state index contributed by atoms with van der Waals surface area (Å²) in [5.74, 6) is 0.829. The van der Waals surface area contributed by atoms with Crippen molar-refractivity contribution in [3.8, 4) is 0 Å². The first kappa shape index (κ1) is 17.7. The molecular formula is C20H30N2O. The van der Waals surface area contributed by atoms with Crippen LogP contribution in [0.25, 0.3) is 0 Å². The predicted octanol–water partition coefficient (Wildman–Crippen LogP) is 3.41. The first-order valence-corrected chi connectivity index (χ1v) is 8.92. The van der Waals surface area contributed by atoms with Gasteiger partial charge in [0.05, 0.1) is 6.54 Å². The summed E-state index contributed by atoms with van der Waals surface area (Å²) in [6, 6.07) is 10.4. The molecule has 1 aliphatic rings. The van der Waals surface area contributed by atoms with Gasteiger partial charge in [-0.15, -0.1) is 6.58 Å². The van der Waals surface area contributed by atoms with Crippen LogP contribution in [0.15, 0.2) is 43.0 Å². The number of nitrogens with zero attached hydrogens (tertiary/aromatic N) is 1. The van der Waals surface area contributed by atoms with E-state index in [4.69, 9.17) is 0 Å². The number of nitrogens with one attached hydrogen (secondary N) is 1. The van der Waals surface area contributed by atoms with Gasteiger partial charge in [-0.3, -0.25) is 9.69 Å². The van der Waals surface area contributed by atoms with Crippen LogP contribution >= 0.6 is 0 Å². The Morgan fingerprint density at radius 2 is 1.96 bits per heavy atom. The molecule has 0 aliphatic heterocycles. The lowest BCUT2D eigenvalue weighted by Gasteiger charge is -2.23. The first-order chi connectivity index (χ1) is 11.3. The average molecular weight is 314 g/mol. The molecule has 23 heavy (non-hydrogen) atoms. The van der Waals surface area contributed by atoms with Gasteiger partial charge in [-0.05, 0) is 30.7 Å². The summed E-state index contributed by atoms with van der Waals surface area (Å²) < 4.78 is 0. The fourth-order valence-electron chi connectivity index (χ4n) is 3.26. The summed E-state index contributed by atoms with van der Waals surface area (Å²) in [4.78, 5) is 14.4. The van der Waals surface area contributed by atoms with Crippen molar-refractivity contribution in [1.29, 1.82) is 0 Å². The van der Waals surface area contributed by atoms with Gasteiger partial charge in [0, 0.05) is 19.6 Å². The van der Waals surface area contributed by atoms with Crippen molar-refractivity contribution in [2.75, 3.05) is 26.2 Å². The number of hydrogen-bond donors (Lipinski definition) is 1. The third-order valence-electron chi connectivity index (χ3n) is 4.63. The molecule has 1 N–H and O–H groups in total. The van der Waals surface area contributed by atoms with Crippen LogP contribution in [0, 0.1) is 5.92 Å². The zero-order valence-electron chi connectivity index (χ0n) is 14.2. The number of rotatable bonds is 9. The smallest absolute Gasteiger partial charge is 0.234 e. The highest BCUT2D eigenvalue weighted by Gasteiger charge is 2.15. The lowest BCUT2D eigenvalue weighted by molar-refractivity contribution is -0.122. The fourth-order valence-corrected chi connectivity index (χ4v) is 3.26. The van der Waals surface area contributed by atoms with Gasteiger partial charge in [-0.25, -0.2) is 0 Å². The molecule has 1 fully saturated rings. The lowest BCUT2D eigenvalue weighted by Crippen LogP contribution is -2.40. The molecule has 1 aromatic rings. The van der Waals surface area contributed by atoms with E-state index in [1.165, 1.54) is 37.7 Å². The fraction of sp³-hybridized carbons (Fsp3) is 0.550. The maximum Gasteiger partial charge on any atom is 0.234 e. The van der Waals surface area contributed by atoms with Gasteiger partial charge >= 0.3 is 0 Å². The van der Waals surface area contributed by atoms with Crippen molar-refractivity contribution in [3.63, 3.8) is 0 Å². The SMILES string of the molecule is C=CCN(CCc1ccccc1)CC(=O)NCC1CCCCC1. The molecule has 3 nitrogen and oxygen atoms in total. The summed E-state index contributed by atoms with van der Waals surface area (Å²) in [6.07, 6.45) is 9.37. The van der Waals surface area contributed by atoms with Gasteiger partial charge in [0.1, 0.15) is 0 Å². The van der Waals surface area contributed by atoms with E-state index in [1.54, 1.807) is 0 Å². The molecule has 1 aliphatic carbocycles. The molecule has 1 amide bonds. The van der Waals surface area contributed by atoms with Gasteiger partial charge < -0.3 is 5.32 Å². The Morgan fingerprint density at radius 1 is 1.22 bits per heavy atom. The van der Waals surface area contributed by atoms with E-state index in [0.29, 0.717) is 12.5 Å². The molecule has 3 heteroatoms. The molecule has 0 aromatic heterocycles. The van der Waals surface area contributed by atoms with E-state index in [1.807, 2.05) is 12.1 Å². The Labute approximate surface area is 140 Å². The number of carbonyl (C=O) groups excluding carboxylic acids is 1. The molecule has 0 radical (unpaired) electrons. The van der Waals surface area contributed by atoms with E-state index in [2.05, 4.69) is 41.1 Å². The number of carbonyl (C=O) groups is 1. The maximum atomic E-state index is 12.2. The highest BCUT2D eigenvalue weighted by atomic mass is 16.2. The standard InChI is InChI=1S/C20H30N2O/c1-2-14-22(15-13-18-9-5-3-6-10-18)17-20(23)21-16-19-11-7-4-8-12-19/h2-3,5-6,9-10,19H,1,4,7-8,11-17H2,(H,21,23). The molecule has 0 atom stereocenters. The monoisotopic (exact) mass is 314 g/mol. The molecule has 2 rings (SSSR count). The summed E-state index contributed by atoms with van der Waals surface area (Å²) in [5.41, 5.74) is 1.31. The second-order valence-corrected chi connectivity index (χ2v) is 6.57. The topological polar surface area (TPSA) is 32.3 Å². The molecule has 0 bridgehead atoms. The summed E-state index contributed by atoms with van der Waals surface area (Å²) in [5, 5.41) is 3.12. The summed E-state index contributed by atoms with van der Waals surface area (Å²) in [6.45, 7) is 6.75. The van der Waals surface area contributed by atoms with Gasteiger partial charge in [-0.2, -0.15) is 0 Å². The van der Waals surface area contributed by atoms with Crippen LogP contribution in [0.5, 0.6) is 0 Å². The summed E-state index contributed by atoms with van der Waals surface area (Å²) in [7, 11) is 0. The quantitative estimate of drug-likeness (QED) is 0.708. The molecule has 0 heterocycles. The third kappa shape index (κ3) is 7.00. The van der Waals surface area contributed by atoms with Crippen LogP contribution in [0.1, 0.15) is 37.7 Å². The van der Waals surface area contributed by atoms with Crippen LogP contribution in [0.2, 0.25) is 0 Å². The number of hydrogen-bond acceptors (Lipinski definition) is 2. The van der Waals surface area contributed by atoms with Crippen molar-refractivity contribution < 1.29 is 4.79 Å². The average Bonchev–Trinajstić information content (AvgIpc) is 2.60. The minimum Gasteiger partial charge on any atom is -0.355 e. The van der Waals surface area contributed by atoms with E-state index in [-0.39, 0.29) is 5.91 Å². The van der Waals surface area contributed by atoms with E-state index in [9.17, 15) is 4.79 Å². The Kier molecular flexibility index (Phi) is 7.88. The zero-order chi connectivity index (χ0) is 16.3. The second kappa shape index (κ2) is 10.2. The number of benzene rings is 1. The van der Waals surface area contributed by atoms with Crippen LogP contribution < -0.4 is 5.32 Å². The van der Waals surface area contributed by atoms with Gasteiger partial charge in [0.2, 0.25) is 5.91 Å². The van der Waals surface area contributed by atoms with E-state index >= 15 is 0 Å². The Bertz CT molecular complexity index is 466. The third-order valence-corrected chi connectivity index (χ3v) is 4.63. The van der Waals surface area contributed by atoms with Crippen molar-refractivity contribution in [1.82, 2.24) is 10.2 Å². The lowest BCUT2D eigenvalue weighted by atomic mass is 9.89. The van der Waals surface area contributed by atoms with E-state index in [0.717, 1.165) is 26.1 Å². The molecular weight excluding hydrogens is 284 g/mol. The van der Waals surface area contributed by atoms with Gasteiger partial charge in [0.25, 0.3) is 0 Å². The van der Waals surface area contributed by atoms with Crippen LogP contribution in [-0.2, 0) is 11.2 Å². The largest absolute Gasteiger partial charge is 0.355 e. The minimum absolute atomic E-state index is 0.144.